The first-order valence-electron chi connectivity index (χ1n) is 6.75. The Morgan fingerprint density at radius 3 is 2.84 bits per heavy atom. The second-order valence-corrected chi connectivity index (χ2v) is 5.58. The third kappa shape index (κ3) is 3.21. The average molecular weight is 300 g/mol. The molecule has 2 aromatic heterocycles. The number of imidazole rings is 1. The maximum atomic E-state index is 6.00. The lowest BCUT2D eigenvalue weighted by molar-refractivity contribution is 0.475. The van der Waals surface area contributed by atoms with E-state index in [0.29, 0.717) is 16.9 Å². The van der Waals surface area contributed by atoms with Crippen molar-refractivity contribution in [2.75, 3.05) is 0 Å². The van der Waals surface area contributed by atoms with Gasteiger partial charge in [-0.3, -0.25) is 0 Å². The van der Waals surface area contributed by atoms with Crippen LogP contribution in [0.1, 0.15) is 51.4 Å². The fourth-order valence-corrected chi connectivity index (χ4v) is 2.72. The summed E-state index contributed by atoms with van der Waals surface area (Å²) in [5.41, 5.74) is 1.70. The molecule has 104 valence electrons. The largest absolute Gasteiger partial charge is 0.309 e. The summed E-state index contributed by atoms with van der Waals surface area (Å²) in [5, 5.41) is 0.608. The Bertz CT molecular complexity index is 551. The summed E-state index contributed by atoms with van der Waals surface area (Å²) < 4.78 is 2.15. The van der Waals surface area contributed by atoms with E-state index < -0.39 is 0 Å². The first-order valence-corrected chi connectivity index (χ1v) is 7.67. The van der Waals surface area contributed by atoms with E-state index >= 15 is 0 Å². The first kappa shape index (κ1) is 14.6. The quantitative estimate of drug-likeness (QED) is 0.557. The van der Waals surface area contributed by atoms with Gasteiger partial charge in [0.15, 0.2) is 5.65 Å². The molecule has 0 saturated heterocycles. The zero-order valence-electron chi connectivity index (χ0n) is 11.4. The summed E-state index contributed by atoms with van der Waals surface area (Å²) in [6.07, 6.45) is 6.49. The van der Waals surface area contributed by atoms with E-state index in [1.54, 1.807) is 6.20 Å². The van der Waals surface area contributed by atoms with Crippen LogP contribution in [0.2, 0.25) is 5.02 Å². The number of hydrogen-bond donors (Lipinski definition) is 0. The Kier molecular flexibility index (Phi) is 5.06. The molecule has 0 aliphatic rings. The highest BCUT2D eigenvalue weighted by Gasteiger charge is 2.16. The molecule has 2 aromatic rings. The molecule has 0 N–H and O–H groups in total. The highest BCUT2D eigenvalue weighted by Crippen LogP contribution is 2.25. The van der Waals surface area contributed by atoms with Crippen molar-refractivity contribution in [2.24, 2.45) is 0 Å². The zero-order valence-corrected chi connectivity index (χ0v) is 12.9. The number of rotatable bonds is 6. The van der Waals surface area contributed by atoms with Crippen molar-refractivity contribution in [1.82, 2.24) is 14.5 Å². The minimum absolute atomic E-state index is 0.360. The molecule has 2 heterocycles. The van der Waals surface area contributed by atoms with E-state index in [0.717, 1.165) is 23.4 Å². The van der Waals surface area contributed by atoms with Crippen LogP contribution in [0.4, 0.5) is 0 Å². The first-order chi connectivity index (χ1) is 9.17. The summed E-state index contributed by atoms with van der Waals surface area (Å²) >= 11 is 12.0. The molecule has 0 aliphatic carbocycles. The van der Waals surface area contributed by atoms with Crippen LogP contribution < -0.4 is 0 Å². The van der Waals surface area contributed by atoms with Crippen molar-refractivity contribution >= 4 is 34.4 Å². The molecule has 0 aromatic carbocycles. The zero-order chi connectivity index (χ0) is 13.8. The van der Waals surface area contributed by atoms with Crippen LogP contribution in [0.25, 0.3) is 11.2 Å². The number of pyridine rings is 1. The fraction of sp³-hybridized carbons (Fsp3) is 0.571. The van der Waals surface area contributed by atoms with Crippen molar-refractivity contribution < 1.29 is 0 Å². The van der Waals surface area contributed by atoms with Crippen LogP contribution in [0.3, 0.4) is 0 Å². The van der Waals surface area contributed by atoms with Gasteiger partial charge in [0.25, 0.3) is 0 Å². The molecule has 2 rings (SSSR count). The lowest BCUT2D eigenvalue weighted by Gasteiger charge is -2.16. The van der Waals surface area contributed by atoms with Crippen LogP contribution in [-0.4, -0.2) is 14.5 Å². The van der Waals surface area contributed by atoms with Crippen molar-refractivity contribution in [3.63, 3.8) is 0 Å². The van der Waals surface area contributed by atoms with Crippen molar-refractivity contribution in [3.8, 4) is 0 Å². The van der Waals surface area contributed by atoms with Crippen LogP contribution in [-0.2, 0) is 5.88 Å². The summed E-state index contributed by atoms with van der Waals surface area (Å²) in [6.45, 7) is 4.41. The van der Waals surface area contributed by atoms with Crippen LogP contribution in [0.15, 0.2) is 12.3 Å². The van der Waals surface area contributed by atoms with Crippen molar-refractivity contribution in [1.29, 1.82) is 0 Å². The van der Waals surface area contributed by atoms with Gasteiger partial charge in [-0.2, -0.15) is 0 Å². The third-order valence-electron chi connectivity index (χ3n) is 3.36. The molecular weight excluding hydrogens is 281 g/mol. The molecule has 0 radical (unpaired) electrons. The van der Waals surface area contributed by atoms with Gasteiger partial charge in [0.05, 0.1) is 10.9 Å². The summed E-state index contributed by atoms with van der Waals surface area (Å²) in [5.74, 6) is 1.27. The van der Waals surface area contributed by atoms with E-state index in [1.165, 1.54) is 19.3 Å². The van der Waals surface area contributed by atoms with Crippen molar-refractivity contribution in [3.05, 3.63) is 23.1 Å². The highest BCUT2D eigenvalue weighted by atomic mass is 35.5. The van der Waals surface area contributed by atoms with Crippen LogP contribution in [0.5, 0.6) is 0 Å². The van der Waals surface area contributed by atoms with Gasteiger partial charge in [-0.15, -0.1) is 11.6 Å². The molecule has 0 amide bonds. The van der Waals surface area contributed by atoms with Gasteiger partial charge in [0, 0.05) is 12.2 Å². The predicted octanol–water partition coefficient (Wildman–Crippen LogP) is 4.96. The average Bonchev–Trinajstić information content (AvgIpc) is 2.76. The van der Waals surface area contributed by atoms with E-state index in [-0.39, 0.29) is 0 Å². The van der Waals surface area contributed by atoms with Gasteiger partial charge < -0.3 is 4.57 Å². The van der Waals surface area contributed by atoms with Gasteiger partial charge in [-0.25, -0.2) is 9.97 Å². The summed E-state index contributed by atoms with van der Waals surface area (Å²) in [7, 11) is 0. The second-order valence-electron chi connectivity index (χ2n) is 4.87. The fourth-order valence-electron chi connectivity index (χ4n) is 2.38. The van der Waals surface area contributed by atoms with E-state index in [2.05, 4.69) is 28.4 Å². The number of fused-ring (bicyclic) bond motifs is 1. The van der Waals surface area contributed by atoms with Crippen molar-refractivity contribution in [2.45, 2.75) is 51.5 Å². The van der Waals surface area contributed by atoms with Gasteiger partial charge in [-0.1, -0.05) is 37.8 Å². The van der Waals surface area contributed by atoms with E-state index in [4.69, 9.17) is 23.2 Å². The molecule has 0 spiro atoms. The van der Waals surface area contributed by atoms with E-state index in [1.807, 2.05) is 6.07 Å². The molecule has 1 unspecified atom stereocenters. The smallest absolute Gasteiger partial charge is 0.160 e. The van der Waals surface area contributed by atoms with Crippen LogP contribution >= 0.6 is 23.2 Å². The molecule has 5 heteroatoms. The monoisotopic (exact) mass is 299 g/mol. The normalized spacial score (nSPS) is 13.1. The summed E-state index contributed by atoms with van der Waals surface area (Å²) in [6, 6.07) is 2.20. The lowest BCUT2D eigenvalue weighted by atomic mass is 10.1. The maximum absolute atomic E-state index is 6.00. The highest BCUT2D eigenvalue weighted by molar-refractivity contribution is 6.31. The molecule has 0 aliphatic heterocycles. The standard InChI is InChI=1S/C14H19Cl2N3/c1-3-4-5-6-10(2)19-13(8-15)18-12-7-11(16)9-17-14(12)19/h7,9-10H,3-6,8H2,1-2H3. The SMILES string of the molecule is CCCCCC(C)n1c(CCl)nc2cc(Cl)cnc21. The number of alkyl halides is 1. The van der Waals surface area contributed by atoms with Gasteiger partial charge in [-0.05, 0) is 19.4 Å². The van der Waals surface area contributed by atoms with Gasteiger partial charge >= 0.3 is 0 Å². The lowest BCUT2D eigenvalue weighted by Crippen LogP contribution is -2.09. The van der Waals surface area contributed by atoms with E-state index in [9.17, 15) is 0 Å². The Morgan fingerprint density at radius 1 is 1.37 bits per heavy atom. The molecule has 0 bridgehead atoms. The number of halogens is 2. The molecule has 0 fully saturated rings. The molecule has 3 nitrogen and oxygen atoms in total. The Hall–Kier alpha value is -0.800. The molecule has 0 saturated carbocycles. The Balaban J connectivity index is 2.34. The Labute approximate surface area is 123 Å². The Morgan fingerprint density at radius 2 is 2.16 bits per heavy atom. The number of nitrogens with zero attached hydrogens (tertiary/aromatic N) is 3. The minimum atomic E-state index is 0.360. The molecular formula is C14H19Cl2N3. The maximum Gasteiger partial charge on any atom is 0.160 e. The number of unbranched alkanes of at least 4 members (excludes halogenated alkanes) is 2. The molecule has 1 atom stereocenters. The summed E-state index contributed by atoms with van der Waals surface area (Å²) in [4.78, 5) is 8.93. The van der Waals surface area contributed by atoms with Crippen LogP contribution in [0, 0.1) is 0 Å². The predicted molar refractivity (Wildman–Crippen MR) is 80.9 cm³/mol. The minimum Gasteiger partial charge on any atom is -0.309 e. The number of hydrogen-bond acceptors (Lipinski definition) is 2. The van der Waals surface area contributed by atoms with Gasteiger partial charge in [0.1, 0.15) is 11.3 Å². The van der Waals surface area contributed by atoms with Gasteiger partial charge in [0.2, 0.25) is 0 Å². The third-order valence-corrected chi connectivity index (χ3v) is 3.80. The topological polar surface area (TPSA) is 30.7 Å². The molecule has 19 heavy (non-hydrogen) atoms. The second kappa shape index (κ2) is 6.58. The number of aromatic nitrogens is 3.